The summed E-state index contributed by atoms with van der Waals surface area (Å²) in [6.45, 7) is 5.34. The number of nitrogens with zero attached hydrogens (tertiary/aromatic N) is 5. The molecule has 0 unspecified atom stereocenters. The lowest BCUT2D eigenvalue weighted by molar-refractivity contribution is 0.945. The normalized spacial score (nSPS) is 9.11. The van der Waals surface area contributed by atoms with E-state index in [2.05, 4.69) is 31.5 Å². The zero-order chi connectivity index (χ0) is 13.4. The third kappa shape index (κ3) is 3.49. The molecule has 0 amide bonds. The highest BCUT2D eigenvalue weighted by Gasteiger charge is 2.11. The molecule has 0 spiro atoms. The van der Waals surface area contributed by atoms with Gasteiger partial charge in [0.1, 0.15) is 0 Å². The first-order valence-electron chi connectivity index (χ1n) is 5.59. The number of anilines is 3. The van der Waals surface area contributed by atoms with Crippen LogP contribution in [0.3, 0.4) is 0 Å². The highest BCUT2D eigenvalue weighted by molar-refractivity contribution is 5.47. The van der Waals surface area contributed by atoms with E-state index in [0.29, 0.717) is 25.0 Å². The van der Waals surface area contributed by atoms with E-state index in [4.69, 9.17) is 11.7 Å². The Morgan fingerprint density at radius 2 is 1.72 bits per heavy atom. The van der Waals surface area contributed by atoms with Crippen LogP contribution in [0, 0.1) is 23.8 Å². The summed E-state index contributed by atoms with van der Waals surface area (Å²) in [7, 11) is 0. The molecule has 0 fully saturated rings. The van der Waals surface area contributed by atoms with Crippen LogP contribution in [-0.2, 0) is 0 Å². The van der Waals surface area contributed by atoms with Crippen molar-refractivity contribution >= 4 is 17.8 Å². The molecule has 0 atom stereocenters. The second kappa shape index (κ2) is 6.92. The fraction of sp³-hybridized carbons (Fsp3) is 0.455. The van der Waals surface area contributed by atoms with Crippen molar-refractivity contribution in [2.75, 3.05) is 35.2 Å². The van der Waals surface area contributed by atoms with Gasteiger partial charge in [-0.15, -0.1) is 6.42 Å². The largest absolute Gasteiger partial charge is 0.354 e. The Labute approximate surface area is 106 Å². The monoisotopic (exact) mass is 245 g/mol. The van der Waals surface area contributed by atoms with Gasteiger partial charge in [-0.25, -0.2) is 4.90 Å². The molecule has 1 heterocycles. The molecule has 2 N–H and O–H groups in total. The molecule has 0 aromatic carbocycles. The van der Waals surface area contributed by atoms with Crippen molar-refractivity contribution in [3.8, 4) is 18.5 Å². The molecule has 1 aromatic rings. The zero-order valence-electron chi connectivity index (χ0n) is 10.4. The number of aromatic nitrogens is 3. The molecule has 7 nitrogen and oxygen atoms in total. The van der Waals surface area contributed by atoms with Crippen molar-refractivity contribution in [2.45, 2.75) is 13.8 Å². The second-order valence-electron chi connectivity index (χ2n) is 3.23. The van der Waals surface area contributed by atoms with Crippen LogP contribution in [0.2, 0.25) is 0 Å². The van der Waals surface area contributed by atoms with Crippen molar-refractivity contribution in [3.63, 3.8) is 0 Å². The van der Waals surface area contributed by atoms with Gasteiger partial charge in [0.15, 0.2) is 6.19 Å². The van der Waals surface area contributed by atoms with Gasteiger partial charge < -0.3 is 10.6 Å². The molecular formula is C11H15N7. The summed E-state index contributed by atoms with van der Waals surface area (Å²) in [5, 5.41) is 14.9. The van der Waals surface area contributed by atoms with Crippen LogP contribution >= 0.6 is 0 Å². The minimum Gasteiger partial charge on any atom is -0.354 e. The number of terminal acetylenes is 1. The molecule has 0 bridgehead atoms. The van der Waals surface area contributed by atoms with Crippen LogP contribution in [0.5, 0.6) is 0 Å². The molecular weight excluding hydrogens is 230 g/mol. The molecule has 7 heteroatoms. The lowest BCUT2D eigenvalue weighted by Gasteiger charge is -2.13. The third-order valence-electron chi connectivity index (χ3n) is 1.90. The molecule has 0 radical (unpaired) electrons. The van der Waals surface area contributed by atoms with Crippen LogP contribution < -0.4 is 15.5 Å². The molecule has 1 rings (SSSR count). The summed E-state index contributed by atoms with van der Waals surface area (Å²) in [4.78, 5) is 13.6. The first kappa shape index (κ1) is 13.5. The Hall–Kier alpha value is -2.54. The zero-order valence-corrected chi connectivity index (χ0v) is 10.4. The Bertz CT molecular complexity index is 447. The summed E-state index contributed by atoms with van der Waals surface area (Å²) in [6.07, 6.45) is 7.13. The van der Waals surface area contributed by atoms with Gasteiger partial charge >= 0.3 is 0 Å². The maximum Gasteiger partial charge on any atom is 0.246 e. The van der Waals surface area contributed by atoms with Crippen molar-refractivity contribution in [1.29, 1.82) is 5.26 Å². The summed E-state index contributed by atoms with van der Waals surface area (Å²) in [5.74, 6) is 3.44. The predicted octanol–water partition coefficient (Wildman–Crippen LogP) is 0.656. The number of hydrogen-bond donors (Lipinski definition) is 2. The molecule has 0 saturated heterocycles. The topological polar surface area (TPSA) is 89.8 Å². The van der Waals surface area contributed by atoms with Gasteiger partial charge in [-0.2, -0.15) is 20.2 Å². The Morgan fingerprint density at radius 3 is 2.11 bits per heavy atom. The summed E-state index contributed by atoms with van der Waals surface area (Å²) in [6, 6.07) is 0. The fourth-order valence-corrected chi connectivity index (χ4v) is 1.20. The van der Waals surface area contributed by atoms with E-state index in [1.165, 1.54) is 4.90 Å². The number of nitriles is 1. The van der Waals surface area contributed by atoms with Gasteiger partial charge in [-0.05, 0) is 13.8 Å². The predicted molar refractivity (Wildman–Crippen MR) is 69.9 cm³/mol. The quantitative estimate of drug-likeness (QED) is 0.432. The van der Waals surface area contributed by atoms with Crippen LogP contribution in [0.1, 0.15) is 13.8 Å². The molecule has 0 aliphatic rings. The number of nitrogens with one attached hydrogen (secondary N) is 2. The summed E-state index contributed by atoms with van der Waals surface area (Å²) in [5.41, 5.74) is 0. The fourth-order valence-electron chi connectivity index (χ4n) is 1.20. The highest BCUT2D eigenvalue weighted by Crippen LogP contribution is 2.12. The second-order valence-corrected chi connectivity index (χ2v) is 3.23. The molecule has 18 heavy (non-hydrogen) atoms. The van der Waals surface area contributed by atoms with E-state index < -0.39 is 0 Å². The lowest BCUT2D eigenvalue weighted by atomic mass is 10.6. The lowest BCUT2D eigenvalue weighted by Crippen LogP contribution is -2.21. The average molecular weight is 245 g/mol. The smallest absolute Gasteiger partial charge is 0.246 e. The van der Waals surface area contributed by atoms with Crippen LogP contribution in [0.25, 0.3) is 0 Å². The van der Waals surface area contributed by atoms with Crippen LogP contribution in [-0.4, -0.2) is 34.6 Å². The highest BCUT2D eigenvalue weighted by atomic mass is 15.3. The maximum absolute atomic E-state index is 8.99. The Balaban J connectivity index is 3.09. The van der Waals surface area contributed by atoms with Crippen molar-refractivity contribution < 1.29 is 0 Å². The Kier molecular flexibility index (Phi) is 5.20. The first-order valence-corrected chi connectivity index (χ1v) is 5.59. The van der Waals surface area contributed by atoms with Crippen LogP contribution in [0.4, 0.5) is 17.8 Å². The van der Waals surface area contributed by atoms with E-state index in [0.717, 1.165) is 0 Å². The molecule has 0 saturated carbocycles. The van der Waals surface area contributed by atoms with Crippen LogP contribution in [0.15, 0.2) is 0 Å². The SMILES string of the molecule is C#CCN(C#N)c1nc(NCC)nc(NCC)n1. The van der Waals surface area contributed by atoms with Crippen molar-refractivity contribution in [3.05, 3.63) is 0 Å². The average Bonchev–Trinajstić information content (AvgIpc) is 2.36. The maximum atomic E-state index is 8.99. The summed E-state index contributed by atoms with van der Waals surface area (Å²) < 4.78 is 0. The van der Waals surface area contributed by atoms with Gasteiger partial charge in [0.2, 0.25) is 17.8 Å². The first-order chi connectivity index (χ1) is 8.74. The standard InChI is InChI=1S/C11H15N7/c1-4-7-18(8-12)11-16-9(13-5-2)15-10(17-11)14-6-3/h1H,5-7H2,2-3H3,(H2,13,14,15,16,17). The molecule has 0 aliphatic heterocycles. The van der Waals surface area contributed by atoms with E-state index in [1.807, 2.05) is 20.0 Å². The molecule has 0 aliphatic carbocycles. The number of hydrogen-bond acceptors (Lipinski definition) is 7. The van der Waals surface area contributed by atoms with Gasteiger partial charge in [0.25, 0.3) is 0 Å². The Morgan fingerprint density at radius 1 is 1.17 bits per heavy atom. The minimum absolute atomic E-state index is 0.123. The van der Waals surface area contributed by atoms with E-state index >= 15 is 0 Å². The van der Waals surface area contributed by atoms with Gasteiger partial charge in [0, 0.05) is 13.1 Å². The molecule has 1 aromatic heterocycles. The van der Waals surface area contributed by atoms with Gasteiger partial charge in [-0.3, -0.25) is 0 Å². The van der Waals surface area contributed by atoms with E-state index in [1.54, 1.807) is 0 Å². The minimum atomic E-state index is 0.123. The summed E-state index contributed by atoms with van der Waals surface area (Å²) >= 11 is 0. The van der Waals surface area contributed by atoms with E-state index in [-0.39, 0.29) is 12.5 Å². The molecule has 94 valence electrons. The van der Waals surface area contributed by atoms with E-state index in [9.17, 15) is 0 Å². The third-order valence-corrected chi connectivity index (χ3v) is 1.90. The van der Waals surface area contributed by atoms with Crippen molar-refractivity contribution in [1.82, 2.24) is 15.0 Å². The van der Waals surface area contributed by atoms with Gasteiger partial charge in [-0.1, -0.05) is 5.92 Å². The number of rotatable bonds is 6. The van der Waals surface area contributed by atoms with Crippen molar-refractivity contribution in [2.24, 2.45) is 0 Å². The van der Waals surface area contributed by atoms with Gasteiger partial charge in [0.05, 0.1) is 6.54 Å².